The quantitative estimate of drug-likeness (QED) is 0.917. The van der Waals surface area contributed by atoms with Crippen molar-refractivity contribution in [1.82, 2.24) is 10.3 Å². The van der Waals surface area contributed by atoms with Gasteiger partial charge in [-0.15, -0.1) is 0 Å². The number of hydrogen-bond donors (Lipinski definition) is 1. The third-order valence-electron chi connectivity index (χ3n) is 4.59. The molecule has 1 aromatic carbocycles. The van der Waals surface area contributed by atoms with E-state index in [1.165, 1.54) is 30.4 Å². The Kier molecular flexibility index (Phi) is 5.14. The van der Waals surface area contributed by atoms with Crippen molar-refractivity contribution in [2.45, 2.75) is 45.1 Å². The molecule has 1 aliphatic rings. The maximum atomic E-state index is 12.3. The Labute approximate surface area is 143 Å². The van der Waals surface area contributed by atoms with Gasteiger partial charge in [0.1, 0.15) is 5.75 Å². The molecule has 0 saturated carbocycles. The van der Waals surface area contributed by atoms with Crippen molar-refractivity contribution in [3.05, 3.63) is 58.9 Å². The summed E-state index contributed by atoms with van der Waals surface area (Å²) >= 11 is 0. The first-order valence-electron chi connectivity index (χ1n) is 8.55. The van der Waals surface area contributed by atoms with Crippen LogP contribution in [-0.4, -0.2) is 18.0 Å². The van der Waals surface area contributed by atoms with Gasteiger partial charge >= 0.3 is 0 Å². The molecule has 4 heteroatoms. The molecule has 0 unspecified atom stereocenters. The highest BCUT2D eigenvalue weighted by atomic mass is 16.5. The monoisotopic (exact) mass is 324 g/mol. The van der Waals surface area contributed by atoms with Crippen LogP contribution in [-0.2, 0) is 24.1 Å². The van der Waals surface area contributed by atoms with Crippen LogP contribution in [0.4, 0.5) is 0 Å². The number of rotatable bonds is 5. The molecule has 0 bridgehead atoms. The zero-order chi connectivity index (χ0) is 16.9. The van der Waals surface area contributed by atoms with Gasteiger partial charge in [0, 0.05) is 0 Å². The van der Waals surface area contributed by atoms with Crippen LogP contribution in [0.3, 0.4) is 0 Å². The number of amides is 1. The molecule has 0 spiro atoms. The first kappa shape index (κ1) is 16.5. The second-order valence-electron chi connectivity index (χ2n) is 6.40. The summed E-state index contributed by atoms with van der Waals surface area (Å²) in [5.41, 5.74) is 4.77. The molecule has 0 saturated heterocycles. The minimum absolute atomic E-state index is 0.0240. The van der Waals surface area contributed by atoms with Crippen molar-refractivity contribution in [2.24, 2.45) is 0 Å². The molecular formula is C20H24N2O2. The van der Waals surface area contributed by atoms with Gasteiger partial charge in [-0.1, -0.05) is 18.2 Å². The summed E-state index contributed by atoms with van der Waals surface area (Å²) in [5.74, 6) is 0.738. The average molecular weight is 324 g/mol. The third kappa shape index (κ3) is 3.94. The Morgan fingerprint density at radius 3 is 2.71 bits per heavy atom. The summed E-state index contributed by atoms with van der Waals surface area (Å²) in [5, 5.41) is 3.02. The van der Waals surface area contributed by atoms with Crippen molar-refractivity contribution >= 4 is 5.91 Å². The number of carbonyl (C=O) groups is 1. The minimum atomic E-state index is -0.124. The molecule has 126 valence electrons. The predicted octanol–water partition coefficient (Wildman–Crippen LogP) is 3.39. The van der Waals surface area contributed by atoms with Gasteiger partial charge in [0.2, 0.25) is 5.91 Å². The fraction of sp³-hybridized carbons (Fsp3) is 0.400. The molecule has 0 aliphatic heterocycles. The molecule has 4 nitrogen and oxygen atoms in total. The number of nitrogens with zero attached hydrogens (tertiary/aromatic N) is 1. The van der Waals surface area contributed by atoms with E-state index in [0.717, 1.165) is 17.7 Å². The third-order valence-corrected chi connectivity index (χ3v) is 4.59. The maximum absolute atomic E-state index is 12.3. The van der Waals surface area contributed by atoms with Crippen LogP contribution in [0.2, 0.25) is 0 Å². The average Bonchev–Trinajstić information content (AvgIpc) is 2.61. The van der Waals surface area contributed by atoms with E-state index >= 15 is 0 Å². The molecule has 1 aromatic heterocycles. The number of benzene rings is 1. The van der Waals surface area contributed by atoms with Gasteiger partial charge in [-0.05, 0) is 61.4 Å². The number of ether oxygens (including phenoxy) is 1. The number of aryl methyl sites for hydroxylation is 2. The lowest BCUT2D eigenvalue weighted by Gasteiger charge is -2.17. The Morgan fingerprint density at radius 2 is 2.00 bits per heavy atom. The number of pyridine rings is 1. The Hall–Kier alpha value is -2.36. The van der Waals surface area contributed by atoms with Crippen LogP contribution in [0, 0.1) is 0 Å². The number of carbonyl (C=O) groups excluding carboxylic acids is 1. The summed E-state index contributed by atoms with van der Waals surface area (Å²) in [6.45, 7) is 1.94. The van der Waals surface area contributed by atoms with Gasteiger partial charge in [-0.3, -0.25) is 9.78 Å². The summed E-state index contributed by atoms with van der Waals surface area (Å²) in [6.07, 6.45) is 6.91. The molecule has 24 heavy (non-hydrogen) atoms. The number of methoxy groups -OCH3 is 1. The topological polar surface area (TPSA) is 51.2 Å². The Morgan fingerprint density at radius 1 is 1.21 bits per heavy atom. The molecule has 1 amide bonds. The largest absolute Gasteiger partial charge is 0.495 e. The van der Waals surface area contributed by atoms with Crippen LogP contribution in [0.15, 0.2) is 36.5 Å². The van der Waals surface area contributed by atoms with E-state index in [1.54, 1.807) is 13.3 Å². The SMILES string of the molecule is COc1ccc([C@@H](C)NC(=O)Cc2ccc3c(c2)CCCC3)nc1. The molecule has 1 N–H and O–H groups in total. The zero-order valence-corrected chi connectivity index (χ0v) is 14.3. The Bertz CT molecular complexity index is 710. The second-order valence-corrected chi connectivity index (χ2v) is 6.40. The van der Waals surface area contributed by atoms with Gasteiger partial charge in [0.05, 0.1) is 31.5 Å². The molecule has 0 fully saturated rings. The zero-order valence-electron chi connectivity index (χ0n) is 14.3. The van der Waals surface area contributed by atoms with E-state index in [2.05, 4.69) is 28.5 Å². The molecule has 1 heterocycles. The highest BCUT2D eigenvalue weighted by Crippen LogP contribution is 2.22. The normalized spacial score (nSPS) is 14.6. The lowest BCUT2D eigenvalue weighted by Crippen LogP contribution is -2.28. The van der Waals surface area contributed by atoms with E-state index < -0.39 is 0 Å². The predicted molar refractivity (Wildman–Crippen MR) is 94.1 cm³/mol. The first-order valence-corrected chi connectivity index (χ1v) is 8.55. The molecule has 2 aromatic rings. The van der Waals surface area contributed by atoms with Crippen LogP contribution in [0.25, 0.3) is 0 Å². The van der Waals surface area contributed by atoms with Crippen molar-refractivity contribution in [3.63, 3.8) is 0 Å². The Balaban J connectivity index is 1.60. The van der Waals surface area contributed by atoms with Crippen LogP contribution in [0.1, 0.15) is 48.2 Å². The number of aromatic nitrogens is 1. The lowest BCUT2D eigenvalue weighted by molar-refractivity contribution is -0.121. The summed E-state index contributed by atoms with van der Waals surface area (Å²) in [7, 11) is 1.61. The van der Waals surface area contributed by atoms with Crippen molar-refractivity contribution < 1.29 is 9.53 Å². The summed E-state index contributed by atoms with van der Waals surface area (Å²) < 4.78 is 5.10. The highest BCUT2D eigenvalue weighted by molar-refractivity contribution is 5.79. The molecule has 1 aliphatic carbocycles. The van der Waals surface area contributed by atoms with Crippen LogP contribution in [0.5, 0.6) is 5.75 Å². The highest BCUT2D eigenvalue weighted by Gasteiger charge is 2.14. The maximum Gasteiger partial charge on any atom is 0.224 e. The molecule has 3 rings (SSSR count). The van der Waals surface area contributed by atoms with Crippen molar-refractivity contribution in [2.75, 3.05) is 7.11 Å². The van der Waals surface area contributed by atoms with Crippen LogP contribution >= 0.6 is 0 Å². The van der Waals surface area contributed by atoms with E-state index in [0.29, 0.717) is 12.2 Å². The van der Waals surface area contributed by atoms with Crippen molar-refractivity contribution in [1.29, 1.82) is 0 Å². The van der Waals surface area contributed by atoms with Crippen LogP contribution < -0.4 is 10.1 Å². The second kappa shape index (κ2) is 7.47. The van der Waals surface area contributed by atoms with Crippen molar-refractivity contribution in [3.8, 4) is 5.75 Å². The van der Waals surface area contributed by atoms with E-state index in [-0.39, 0.29) is 11.9 Å². The van der Waals surface area contributed by atoms with E-state index in [9.17, 15) is 4.79 Å². The molecule has 0 radical (unpaired) electrons. The van der Waals surface area contributed by atoms with Gasteiger partial charge in [0.15, 0.2) is 0 Å². The van der Waals surface area contributed by atoms with Gasteiger partial charge < -0.3 is 10.1 Å². The lowest BCUT2D eigenvalue weighted by atomic mass is 9.90. The number of hydrogen-bond acceptors (Lipinski definition) is 3. The smallest absolute Gasteiger partial charge is 0.224 e. The summed E-state index contributed by atoms with van der Waals surface area (Å²) in [6, 6.07) is 10.1. The van der Waals surface area contributed by atoms with Gasteiger partial charge in [-0.2, -0.15) is 0 Å². The molecular weight excluding hydrogens is 300 g/mol. The number of fused-ring (bicyclic) bond motifs is 1. The first-order chi connectivity index (χ1) is 11.7. The fourth-order valence-corrected chi connectivity index (χ4v) is 3.22. The standard InChI is InChI=1S/C20H24N2O2/c1-14(19-10-9-18(24-2)13-21-19)22-20(23)12-15-7-8-16-5-3-4-6-17(16)11-15/h7-11,13-14H,3-6,12H2,1-2H3,(H,22,23)/t14-/m1/s1. The van der Waals surface area contributed by atoms with E-state index in [4.69, 9.17) is 4.74 Å². The summed E-state index contributed by atoms with van der Waals surface area (Å²) in [4.78, 5) is 16.7. The molecule has 1 atom stereocenters. The minimum Gasteiger partial charge on any atom is -0.495 e. The van der Waals surface area contributed by atoms with E-state index in [1.807, 2.05) is 19.1 Å². The van der Waals surface area contributed by atoms with Gasteiger partial charge in [-0.25, -0.2) is 0 Å². The van der Waals surface area contributed by atoms with Gasteiger partial charge in [0.25, 0.3) is 0 Å². The number of nitrogens with one attached hydrogen (secondary N) is 1. The fourth-order valence-electron chi connectivity index (χ4n) is 3.22.